The summed E-state index contributed by atoms with van der Waals surface area (Å²) in [5.41, 5.74) is 1.14. The molecule has 2 saturated heterocycles. The number of alkyl halides is 3. The fraction of sp³-hybridized carbons (Fsp3) is 0.300. The molecule has 2 aliphatic heterocycles. The zero-order valence-corrected chi connectivity index (χ0v) is 26.8. The Morgan fingerprint density at radius 2 is 1.59 bits per heavy atom. The summed E-state index contributed by atoms with van der Waals surface area (Å²) in [6, 6.07) is 7.46. The smallest absolute Gasteiger partial charge is 0.475 e. The number of piperazine rings is 1. The molecule has 2 aliphatic rings. The molecule has 2 aromatic carbocycles. The van der Waals surface area contributed by atoms with Crippen molar-refractivity contribution in [1.29, 1.82) is 0 Å². The van der Waals surface area contributed by atoms with Gasteiger partial charge in [-0.2, -0.15) is 31.0 Å². The van der Waals surface area contributed by atoms with Crippen molar-refractivity contribution in [3.05, 3.63) is 83.0 Å². The van der Waals surface area contributed by atoms with Gasteiger partial charge in [0.25, 0.3) is 10.2 Å². The first-order chi connectivity index (χ1) is 23.1. The van der Waals surface area contributed by atoms with Gasteiger partial charge in [-0.1, -0.05) is 11.6 Å². The van der Waals surface area contributed by atoms with Gasteiger partial charge in [0.2, 0.25) is 0 Å². The number of pyridine rings is 1. The average Bonchev–Trinajstić information content (AvgIpc) is 3.72. The van der Waals surface area contributed by atoms with Crippen LogP contribution in [-0.4, -0.2) is 77.5 Å². The third kappa shape index (κ3) is 7.99. The van der Waals surface area contributed by atoms with Crippen molar-refractivity contribution in [2.75, 3.05) is 37.6 Å². The van der Waals surface area contributed by atoms with E-state index in [9.17, 15) is 21.6 Å². The van der Waals surface area contributed by atoms with Gasteiger partial charge in [0, 0.05) is 90.7 Å². The summed E-state index contributed by atoms with van der Waals surface area (Å²) < 4.78 is 106. The molecule has 2 fully saturated rings. The number of nitrogens with two attached hydrogens (primary N) is 1. The number of nitrogens with one attached hydrogen (secondary N) is 1. The van der Waals surface area contributed by atoms with E-state index in [0.29, 0.717) is 44.6 Å². The fourth-order valence-corrected chi connectivity index (χ4v) is 6.86. The number of carbonyl (C=O) groups is 1. The van der Waals surface area contributed by atoms with Gasteiger partial charge in [0.05, 0.1) is 11.7 Å². The molecule has 49 heavy (non-hydrogen) atoms. The minimum absolute atomic E-state index is 0.0233. The van der Waals surface area contributed by atoms with Gasteiger partial charge < -0.3 is 15.3 Å². The van der Waals surface area contributed by atoms with Crippen molar-refractivity contribution in [1.82, 2.24) is 24.4 Å². The van der Waals surface area contributed by atoms with Crippen molar-refractivity contribution in [2.45, 2.75) is 25.1 Å². The van der Waals surface area contributed by atoms with Crippen LogP contribution in [0.5, 0.6) is 0 Å². The molecule has 0 aliphatic carbocycles. The van der Waals surface area contributed by atoms with Crippen LogP contribution in [0.4, 0.5) is 32.0 Å². The molecule has 0 spiro atoms. The highest BCUT2D eigenvalue weighted by Crippen LogP contribution is 2.42. The Bertz CT molecular complexity index is 1960. The molecule has 1 atom stereocenters. The second-order valence-corrected chi connectivity index (χ2v) is 13.0. The number of hydrogen-bond acceptors (Lipinski definition) is 7. The van der Waals surface area contributed by atoms with Crippen molar-refractivity contribution >= 4 is 33.5 Å². The summed E-state index contributed by atoms with van der Waals surface area (Å²) in [6.07, 6.45) is 0.236. The Kier molecular flexibility index (Phi) is 10.5. The topological polar surface area (TPSA) is 147 Å². The van der Waals surface area contributed by atoms with E-state index in [1.807, 2.05) is 0 Å². The maximum atomic E-state index is 16.3. The molecule has 4 N–H and O–H groups in total. The summed E-state index contributed by atoms with van der Waals surface area (Å²) in [5.74, 6) is -4.79. The van der Waals surface area contributed by atoms with Crippen LogP contribution in [0.2, 0.25) is 5.02 Å². The quantitative estimate of drug-likeness (QED) is 0.234. The van der Waals surface area contributed by atoms with Gasteiger partial charge in [-0.25, -0.2) is 27.8 Å². The number of anilines is 1. The third-order valence-corrected chi connectivity index (χ3v) is 9.19. The summed E-state index contributed by atoms with van der Waals surface area (Å²) >= 11 is 6.45. The SMILES string of the molecule is NS(=O)(=O)N1CCCC1c1cc(Cl)cc(-c2cn(-c3cc(F)c(N4CCNCC4)cc3F)nc2-c2ccncc2)c1F.O=C(O)C(F)(F)F. The van der Waals surface area contributed by atoms with E-state index in [-0.39, 0.29) is 45.3 Å². The predicted molar refractivity (Wildman–Crippen MR) is 168 cm³/mol. The lowest BCUT2D eigenvalue weighted by molar-refractivity contribution is -0.192. The van der Waals surface area contributed by atoms with E-state index in [4.69, 9.17) is 26.6 Å². The number of nitrogens with zero attached hydrogens (tertiary/aromatic N) is 5. The zero-order chi connectivity index (χ0) is 35.7. The molecular weight excluding hydrogens is 704 g/mol. The summed E-state index contributed by atoms with van der Waals surface area (Å²) in [4.78, 5) is 14.7. The van der Waals surface area contributed by atoms with E-state index < -0.39 is 45.8 Å². The van der Waals surface area contributed by atoms with E-state index in [0.717, 1.165) is 21.1 Å². The van der Waals surface area contributed by atoms with E-state index in [1.165, 1.54) is 30.7 Å². The Hall–Kier alpha value is -4.23. The fourth-order valence-electron chi connectivity index (χ4n) is 5.67. The second-order valence-electron chi connectivity index (χ2n) is 11.0. The predicted octanol–water partition coefficient (Wildman–Crippen LogP) is 5.06. The molecule has 0 radical (unpaired) electrons. The lowest BCUT2D eigenvalue weighted by Gasteiger charge is -2.29. The molecule has 0 saturated carbocycles. The Labute approximate surface area is 281 Å². The monoisotopic (exact) mass is 731 g/mol. The number of halogens is 7. The van der Waals surface area contributed by atoms with Crippen molar-refractivity contribution in [3.63, 3.8) is 0 Å². The number of carboxylic acids is 1. The van der Waals surface area contributed by atoms with Crippen LogP contribution in [0, 0.1) is 17.5 Å². The Morgan fingerprint density at radius 3 is 2.20 bits per heavy atom. The summed E-state index contributed by atoms with van der Waals surface area (Å²) in [5, 5.41) is 20.4. The van der Waals surface area contributed by atoms with Crippen LogP contribution in [0.25, 0.3) is 28.1 Å². The van der Waals surface area contributed by atoms with Gasteiger partial charge in [-0.15, -0.1) is 0 Å². The normalized spacial score (nSPS) is 17.1. The molecule has 4 heterocycles. The van der Waals surface area contributed by atoms with Gasteiger partial charge >= 0.3 is 12.1 Å². The van der Waals surface area contributed by atoms with Crippen molar-refractivity contribution in [2.24, 2.45) is 5.14 Å². The second kappa shape index (κ2) is 14.3. The highest BCUT2D eigenvalue weighted by Gasteiger charge is 2.38. The minimum Gasteiger partial charge on any atom is -0.475 e. The van der Waals surface area contributed by atoms with Crippen LogP contribution in [0.3, 0.4) is 0 Å². The van der Waals surface area contributed by atoms with E-state index in [2.05, 4.69) is 15.4 Å². The van der Waals surface area contributed by atoms with E-state index >= 15 is 13.2 Å². The van der Waals surface area contributed by atoms with Crippen LogP contribution < -0.4 is 15.4 Å². The van der Waals surface area contributed by atoms with Gasteiger partial charge in [0.15, 0.2) is 5.82 Å². The molecule has 262 valence electrons. The van der Waals surface area contributed by atoms with Crippen molar-refractivity contribution in [3.8, 4) is 28.1 Å². The number of aromatic nitrogens is 3. The maximum absolute atomic E-state index is 16.3. The largest absolute Gasteiger partial charge is 0.490 e. The third-order valence-electron chi connectivity index (χ3n) is 7.88. The van der Waals surface area contributed by atoms with Crippen LogP contribution >= 0.6 is 11.6 Å². The molecule has 1 unspecified atom stereocenters. The Balaban J connectivity index is 0.000000606. The summed E-state index contributed by atoms with van der Waals surface area (Å²) in [7, 11) is -4.09. The van der Waals surface area contributed by atoms with Gasteiger partial charge in [0.1, 0.15) is 23.0 Å². The molecule has 0 amide bonds. The maximum Gasteiger partial charge on any atom is 0.490 e. The average molecular weight is 732 g/mol. The number of carboxylic acid groups (broad SMARTS) is 1. The highest BCUT2D eigenvalue weighted by atomic mass is 35.5. The lowest BCUT2D eigenvalue weighted by Crippen LogP contribution is -2.44. The first-order valence-electron chi connectivity index (χ1n) is 14.6. The molecule has 19 heteroatoms. The number of rotatable bonds is 6. The highest BCUT2D eigenvalue weighted by molar-refractivity contribution is 7.86. The molecule has 2 aromatic heterocycles. The first kappa shape index (κ1) is 36.1. The van der Waals surface area contributed by atoms with Crippen molar-refractivity contribution < 1.29 is 44.7 Å². The van der Waals surface area contributed by atoms with Crippen LogP contribution in [0.15, 0.2) is 55.0 Å². The van der Waals surface area contributed by atoms with Gasteiger partial charge in [-0.05, 0) is 37.1 Å². The van der Waals surface area contributed by atoms with Gasteiger partial charge in [-0.3, -0.25) is 4.98 Å². The summed E-state index contributed by atoms with van der Waals surface area (Å²) in [6.45, 7) is 2.54. The molecular formula is C30H28ClF6N7O4S. The number of hydrogen-bond donors (Lipinski definition) is 3. The number of benzene rings is 2. The molecule has 11 nitrogen and oxygen atoms in total. The lowest BCUT2D eigenvalue weighted by atomic mass is 9.96. The minimum atomic E-state index is -5.08. The standard InChI is InChI=1S/C28H27ClF3N7O2S.C2HF3O2/c29-18-12-19(27(32)20(13-18)24-2-1-9-39(24)42(33,40)41)21-16-38(36-28(21)17-3-5-34-6-4-17)26-15-22(30)25(14-23(26)31)37-10-7-35-8-11-37;3-2(4,5)1(6)7/h3-6,12-16,24,35H,1-2,7-11H2,(H2,33,40,41);(H,6,7). The molecule has 4 aromatic rings. The van der Waals surface area contributed by atoms with Crippen LogP contribution in [-0.2, 0) is 15.0 Å². The molecule has 0 bridgehead atoms. The number of aliphatic carboxylic acids is 1. The first-order valence-corrected chi connectivity index (χ1v) is 16.5. The molecule has 6 rings (SSSR count). The zero-order valence-electron chi connectivity index (χ0n) is 25.3. The Morgan fingerprint density at radius 1 is 0.980 bits per heavy atom. The van der Waals surface area contributed by atoms with Crippen LogP contribution in [0.1, 0.15) is 24.4 Å². The van der Waals surface area contributed by atoms with E-state index in [1.54, 1.807) is 17.0 Å².